The van der Waals surface area contributed by atoms with Crippen molar-refractivity contribution in [1.82, 2.24) is 0 Å². The second kappa shape index (κ2) is 6.09. The van der Waals surface area contributed by atoms with Gasteiger partial charge in [-0.2, -0.15) is 0 Å². The average Bonchev–Trinajstić information content (AvgIpc) is 3.20. The molecule has 5 aliphatic rings. The second-order valence-electron chi connectivity index (χ2n) is 10.5. The van der Waals surface area contributed by atoms with E-state index in [2.05, 4.69) is 23.9 Å². The van der Waals surface area contributed by atoms with Crippen LogP contribution in [-0.4, -0.2) is 36.3 Å². The van der Waals surface area contributed by atoms with Crippen molar-refractivity contribution in [3.05, 3.63) is 10.4 Å². The molecule has 150 valence electrons. The normalized spacial score (nSPS) is 53.3. The number of hydrogen-bond acceptors (Lipinski definition) is 4. The molecule has 4 aliphatic carbocycles. The summed E-state index contributed by atoms with van der Waals surface area (Å²) in [5.74, 6) is 2.22. The van der Waals surface area contributed by atoms with Crippen molar-refractivity contribution in [2.24, 2.45) is 39.6 Å². The first kappa shape index (κ1) is 18.2. The topological polar surface area (TPSA) is 87.5 Å². The van der Waals surface area contributed by atoms with Gasteiger partial charge in [0.25, 0.3) is 0 Å². The Balaban J connectivity index is 1.41. The third-order valence-electron chi connectivity index (χ3n) is 9.63. The van der Waals surface area contributed by atoms with Crippen molar-refractivity contribution in [1.29, 1.82) is 0 Å². The first-order valence-corrected chi connectivity index (χ1v) is 10.9. The first-order chi connectivity index (χ1) is 12.9. The van der Waals surface area contributed by atoms with Crippen LogP contribution in [0.25, 0.3) is 10.4 Å². The van der Waals surface area contributed by atoms with E-state index in [1.54, 1.807) is 0 Å². The van der Waals surface area contributed by atoms with Gasteiger partial charge in [-0.05, 0) is 78.6 Å². The summed E-state index contributed by atoms with van der Waals surface area (Å²) in [4.78, 5) is 3.07. The molecule has 0 radical (unpaired) electrons. The highest BCUT2D eigenvalue weighted by atomic mass is 16.7. The number of azide groups is 1. The van der Waals surface area contributed by atoms with Gasteiger partial charge in [0.1, 0.15) is 0 Å². The summed E-state index contributed by atoms with van der Waals surface area (Å²) in [5, 5.41) is 14.7. The quantitative estimate of drug-likeness (QED) is 0.418. The van der Waals surface area contributed by atoms with E-state index in [-0.39, 0.29) is 17.2 Å². The van der Waals surface area contributed by atoms with Crippen molar-refractivity contribution < 1.29 is 14.6 Å². The lowest BCUT2D eigenvalue weighted by Gasteiger charge is -2.61. The Morgan fingerprint density at radius 3 is 2.52 bits per heavy atom. The summed E-state index contributed by atoms with van der Waals surface area (Å²) in [6.45, 7) is 6.28. The number of aliphatic hydroxyl groups is 1. The number of fused-ring (bicyclic) bond motifs is 5. The zero-order valence-electron chi connectivity index (χ0n) is 16.6. The van der Waals surface area contributed by atoms with Crippen molar-refractivity contribution in [2.45, 2.75) is 83.1 Å². The lowest BCUT2D eigenvalue weighted by Crippen LogP contribution is -2.56. The average molecular weight is 376 g/mol. The highest BCUT2D eigenvalue weighted by Gasteiger charge is 2.63. The van der Waals surface area contributed by atoms with Crippen LogP contribution in [0, 0.1) is 34.5 Å². The molecule has 1 saturated heterocycles. The van der Waals surface area contributed by atoms with E-state index >= 15 is 0 Å². The molecule has 6 heteroatoms. The summed E-state index contributed by atoms with van der Waals surface area (Å²) in [5.41, 5.74) is 9.32. The Hall–Kier alpha value is -0.810. The minimum atomic E-state index is -0.477. The summed E-state index contributed by atoms with van der Waals surface area (Å²) in [6, 6.07) is -0.256. The van der Waals surface area contributed by atoms with Crippen LogP contribution in [-0.2, 0) is 9.47 Å². The van der Waals surface area contributed by atoms with Crippen molar-refractivity contribution in [2.75, 3.05) is 13.2 Å². The zero-order valence-corrected chi connectivity index (χ0v) is 16.6. The Labute approximate surface area is 161 Å². The van der Waals surface area contributed by atoms with Crippen LogP contribution in [0.1, 0.15) is 65.2 Å². The molecule has 0 unspecified atom stereocenters. The van der Waals surface area contributed by atoms with Gasteiger partial charge >= 0.3 is 0 Å². The molecule has 4 saturated carbocycles. The summed E-state index contributed by atoms with van der Waals surface area (Å²) in [6.07, 6.45) is 8.33. The Morgan fingerprint density at radius 2 is 1.78 bits per heavy atom. The van der Waals surface area contributed by atoms with Crippen LogP contribution in [0.2, 0.25) is 0 Å². The summed E-state index contributed by atoms with van der Waals surface area (Å²) >= 11 is 0. The minimum absolute atomic E-state index is 0.0381. The van der Waals surface area contributed by atoms with E-state index in [1.165, 1.54) is 25.7 Å². The van der Waals surface area contributed by atoms with Crippen LogP contribution in [0.3, 0.4) is 0 Å². The second-order valence-corrected chi connectivity index (χ2v) is 10.5. The van der Waals surface area contributed by atoms with Gasteiger partial charge < -0.3 is 14.6 Å². The Kier molecular flexibility index (Phi) is 4.11. The van der Waals surface area contributed by atoms with Gasteiger partial charge in [0, 0.05) is 17.8 Å². The van der Waals surface area contributed by atoms with E-state index in [1.807, 2.05) is 0 Å². The molecule has 6 nitrogen and oxygen atoms in total. The maximum absolute atomic E-state index is 10.6. The molecule has 1 aliphatic heterocycles. The molecular formula is C21H33N3O3. The molecule has 1 N–H and O–H groups in total. The fraction of sp³-hybridized carbons (Fsp3) is 1.00. The summed E-state index contributed by atoms with van der Waals surface area (Å²) in [7, 11) is 0. The number of hydrogen-bond donors (Lipinski definition) is 1. The largest absolute Gasteiger partial charge is 0.393 e. The molecule has 0 amide bonds. The molecule has 0 aromatic carbocycles. The molecule has 5 fully saturated rings. The van der Waals surface area contributed by atoms with E-state index in [9.17, 15) is 5.11 Å². The SMILES string of the molecule is C[C@]12CCC3(C[C@@H]1CC[C@@H]1[C@@H]2CC[C@]2(C)[C@H](N=[N+]=[N-])[C@@H](O)C[C@@H]12)OCCO3. The fourth-order valence-corrected chi connectivity index (χ4v) is 8.21. The fourth-order valence-electron chi connectivity index (χ4n) is 8.21. The van der Waals surface area contributed by atoms with Crippen molar-refractivity contribution in [3.63, 3.8) is 0 Å². The highest BCUT2D eigenvalue weighted by molar-refractivity contribution is 5.13. The van der Waals surface area contributed by atoms with Crippen molar-refractivity contribution in [3.8, 4) is 0 Å². The third kappa shape index (κ3) is 2.46. The molecule has 5 rings (SSSR count). The zero-order chi connectivity index (χ0) is 18.9. The van der Waals surface area contributed by atoms with Gasteiger partial charge in [-0.3, -0.25) is 0 Å². The van der Waals surface area contributed by atoms with Gasteiger partial charge in [-0.1, -0.05) is 19.0 Å². The predicted octanol–water partition coefficient (Wildman–Crippen LogP) is 4.42. The monoisotopic (exact) mass is 375 g/mol. The number of rotatable bonds is 1. The Bertz CT molecular complexity index is 659. The van der Waals surface area contributed by atoms with Gasteiger partial charge in [-0.25, -0.2) is 0 Å². The van der Waals surface area contributed by atoms with E-state index < -0.39 is 6.10 Å². The summed E-state index contributed by atoms with van der Waals surface area (Å²) < 4.78 is 12.1. The Morgan fingerprint density at radius 1 is 1.00 bits per heavy atom. The molecule has 0 bridgehead atoms. The smallest absolute Gasteiger partial charge is 0.168 e. The van der Waals surface area contributed by atoms with E-state index in [0.717, 1.165) is 38.9 Å². The molecule has 0 aromatic rings. The van der Waals surface area contributed by atoms with Gasteiger partial charge in [0.15, 0.2) is 5.79 Å². The van der Waals surface area contributed by atoms with Crippen LogP contribution < -0.4 is 0 Å². The van der Waals surface area contributed by atoms with Gasteiger partial charge in [-0.15, -0.1) is 0 Å². The van der Waals surface area contributed by atoms with Crippen LogP contribution in [0.15, 0.2) is 5.11 Å². The van der Waals surface area contributed by atoms with Crippen molar-refractivity contribution >= 4 is 0 Å². The van der Waals surface area contributed by atoms with Gasteiger partial charge in [0.2, 0.25) is 0 Å². The van der Waals surface area contributed by atoms with E-state index in [4.69, 9.17) is 15.0 Å². The van der Waals surface area contributed by atoms with Crippen LogP contribution in [0.5, 0.6) is 0 Å². The predicted molar refractivity (Wildman–Crippen MR) is 101 cm³/mol. The molecule has 8 atom stereocenters. The third-order valence-corrected chi connectivity index (χ3v) is 9.63. The van der Waals surface area contributed by atoms with Crippen LogP contribution >= 0.6 is 0 Å². The molecule has 1 heterocycles. The number of nitrogens with zero attached hydrogens (tertiary/aromatic N) is 3. The molecule has 0 aromatic heterocycles. The first-order valence-electron chi connectivity index (χ1n) is 10.9. The standard InChI is InChI=1S/C21H33N3O3/c1-19-7-8-21(26-9-10-27-21)12-13(19)3-4-14-15(19)5-6-20(2)16(14)11-17(25)18(20)23-24-22/h13-18,25H,3-12H2,1-2H3/t13-,14+,15-,16-,17-,18+,19-,20-/m0/s1. The minimum Gasteiger partial charge on any atom is -0.393 e. The highest BCUT2D eigenvalue weighted by Crippen LogP contribution is 2.67. The molecular weight excluding hydrogens is 342 g/mol. The molecule has 27 heavy (non-hydrogen) atoms. The lowest BCUT2D eigenvalue weighted by atomic mass is 9.45. The van der Waals surface area contributed by atoms with Crippen LogP contribution in [0.4, 0.5) is 0 Å². The maximum atomic E-state index is 10.6. The number of ether oxygens (including phenoxy) is 2. The van der Waals surface area contributed by atoms with E-state index in [0.29, 0.717) is 29.1 Å². The number of aliphatic hydroxyl groups excluding tert-OH is 1. The maximum Gasteiger partial charge on any atom is 0.168 e. The van der Waals surface area contributed by atoms with Gasteiger partial charge in [0.05, 0.1) is 25.4 Å². The molecule has 1 spiro atoms. The lowest BCUT2D eigenvalue weighted by molar-refractivity contribution is -0.229.